The van der Waals surface area contributed by atoms with Crippen molar-refractivity contribution in [3.8, 4) is 0 Å². The van der Waals surface area contributed by atoms with E-state index in [1.54, 1.807) is 19.2 Å². The SMILES string of the molecule is Cc1cc(F)c(Cc2nccs2)cc1N. The molecule has 2 aromatic rings. The summed E-state index contributed by atoms with van der Waals surface area (Å²) in [5.74, 6) is -0.211. The Balaban J connectivity index is 2.33. The third kappa shape index (κ3) is 2.15. The van der Waals surface area contributed by atoms with Crippen molar-refractivity contribution in [1.82, 2.24) is 4.98 Å². The minimum Gasteiger partial charge on any atom is -0.399 e. The number of nitrogen functional groups attached to an aromatic ring is 1. The van der Waals surface area contributed by atoms with Crippen LogP contribution in [0.15, 0.2) is 23.7 Å². The van der Waals surface area contributed by atoms with Crippen LogP contribution in [0.3, 0.4) is 0 Å². The lowest BCUT2D eigenvalue weighted by molar-refractivity contribution is 0.613. The van der Waals surface area contributed by atoms with Crippen LogP contribution in [0.4, 0.5) is 10.1 Å². The molecule has 0 amide bonds. The van der Waals surface area contributed by atoms with Gasteiger partial charge in [0.05, 0.1) is 5.01 Å². The molecule has 0 atom stereocenters. The highest BCUT2D eigenvalue weighted by molar-refractivity contribution is 7.09. The Morgan fingerprint density at radius 1 is 1.47 bits per heavy atom. The summed E-state index contributed by atoms with van der Waals surface area (Å²) < 4.78 is 13.5. The molecule has 0 unspecified atom stereocenters. The van der Waals surface area contributed by atoms with Crippen LogP contribution in [0.25, 0.3) is 0 Å². The van der Waals surface area contributed by atoms with Crippen LogP contribution in [-0.2, 0) is 6.42 Å². The zero-order valence-electron chi connectivity index (χ0n) is 8.33. The molecule has 0 saturated heterocycles. The van der Waals surface area contributed by atoms with E-state index in [2.05, 4.69) is 4.98 Å². The average molecular weight is 222 g/mol. The molecule has 0 fully saturated rings. The van der Waals surface area contributed by atoms with Gasteiger partial charge in [-0.15, -0.1) is 11.3 Å². The van der Waals surface area contributed by atoms with Crippen molar-refractivity contribution in [3.63, 3.8) is 0 Å². The van der Waals surface area contributed by atoms with Gasteiger partial charge in [-0.3, -0.25) is 0 Å². The van der Waals surface area contributed by atoms with Gasteiger partial charge in [0.1, 0.15) is 5.82 Å². The van der Waals surface area contributed by atoms with E-state index >= 15 is 0 Å². The Hall–Kier alpha value is -1.42. The van der Waals surface area contributed by atoms with Crippen molar-refractivity contribution in [2.45, 2.75) is 13.3 Å². The summed E-state index contributed by atoms with van der Waals surface area (Å²) in [6.07, 6.45) is 2.23. The number of hydrogen-bond acceptors (Lipinski definition) is 3. The maximum Gasteiger partial charge on any atom is 0.127 e. The summed E-state index contributed by atoms with van der Waals surface area (Å²) in [4.78, 5) is 4.12. The van der Waals surface area contributed by atoms with Crippen molar-refractivity contribution in [2.24, 2.45) is 0 Å². The first kappa shape index (κ1) is 10.1. The second-order valence-corrected chi connectivity index (χ2v) is 4.38. The molecule has 0 bridgehead atoms. The maximum atomic E-state index is 13.5. The molecule has 2 rings (SSSR count). The zero-order valence-corrected chi connectivity index (χ0v) is 9.14. The Bertz CT molecular complexity index is 466. The van der Waals surface area contributed by atoms with E-state index in [0.29, 0.717) is 17.7 Å². The molecule has 4 heteroatoms. The van der Waals surface area contributed by atoms with Gasteiger partial charge in [0.25, 0.3) is 0 Å². The van der Waals surface area contributed by atoms with E-state index in [9.17, 15) is 4.39 Å². The fourth-order valence-electron chi connectivity index (χ4n) is 1.38. The smallest absolute Gasteiger partial charge is 0.127 e. The van der Waals surface area contributed by atoms with Crippen molar-refractivity contribution in [2.75, 3.05) is 5.73 Å². The van der Waals surface area contributed by atoms with Crippen molar-refractivity contribution < 1.29 is 4.39 Å². The van der Waals surface area contributed by atoms with E-state index in [4.69, 9.17) is 5.73 Å². The van der Waals surface area contributed by atoms with E-state index in [0.717, 1.165) is 10.6 Å². The third-order valence-electron chi connectivity index (χ3n) is 2.26. The predicted molar refractivity (Wildman–Crippen MR) is 60.5 cm³/mol. The molecule has 1 heterocycles. The first-order valence-electron chi connectivity index (χ1n) is 4.59. The monoisotopic (exact) mass is 222 g/mol. The summed E-state index contributed by atoms with van der Waals surface area (Å²) in [6.45, 7) is 1.80. The summed E-state index contributed by atoms with van der Waals surface area (Å²) in [6, 6.07) is 3.16. The predicted octanol–water partition coefficient (Wildman–Crippen LogP) is 2.76. The number of aromatic nitrogens is 1. The molecule has 78 valence electrons. The van der Waals surface area contributed by atoms with Gasteiger partial charge < -0.3 is 5.73 Å². The first-order valence-corrected chi connectivity index (χ1v) is 5.47. The number of anilines is 1. The second kappa shape index (κ2) is 3.98. The fraction of sp³-hybridized carbons (Fsp3) is 0.182. The van der Waals surface area contributed by atoms with Crippen molar-refractivity contribution >= 4 is 17.0 Å². The molecule has 0 spiro atoms. The molecule has 0 radical (unpaired) electrons. The molecule has 2 N–H and O–H groups in total. The van der Waals surface area contributed by atoms with Gasteiger partial charge in [0.15, 0.2) is 0 Å². The minimum atomic E-state index is -0.211. The largest absolute Gasteiger partial charge is 0.399 e. The molecule has 1 aromatic heterocycles. The number of benzene rings is 1. The standard InChI is InChI=1S/C11H11FN2S/c1-7-4-9(12)8(5-10(7)13)6-11-14-2-3-15-11/h2-5H,6,13H2,1H3. The lowest BCUT2D eigenvalue weighted by Crippen LogP contribution is -1.97. The number of nitrogens with zero attached hydrogens (tertiary/aromatic N) is 1. The molecule has 0 aliphatic heterocycles. The van der Waals surface area contributed by atoms with Gasteiger partial charge in [-0.2, -0.15) is 0 Å². The first-order chi connectivity index (χ1) is 7.16. The number of thiazole rings is 1. The van der Waals surface area contributed by atoms with Crippen molar-refractivity contribution in [3.05, 3.63) is 45.7 Å². The minimum absolute atomic E-state index is 0.211. The normalized spacial score (nSPS) is 10.5. The van der Waals surface area contributed by atoms with Crippen LogP contribution in [-0.4, -0.2) is 4.98 Å². The summed E-state index contributed by atoms with van der Waals surface area (Å²) in [7, 11) is 0. The van der Waals surface area contributed by atoms with Gasteiger partial charge in [0, 0.05) is 23.7 Å². The molecule has 1 aromatic carbocycles. The molecule has 0 aliphatic carbocycles. The fourth-order valence-corrected chi connectivity index (χ4v) is 2.01. The highest BCUT2D eigenvalue weighted by Gasteiger charge is 2.07. The van der Waals surface area contributed by atoms with Crippen LogP contribution in [0, 0.1) is 12.7 Å². The van der Waals surface area contributed by atoms with Crippen LogP contribution < -0.4 is 5.73 Å². The number of aryl methyl sites for hydroxylation is 1. The Kier molecular flexibility index (Phi) is 2.68. The lowest BCUT2D eigenvalue weighted by atomic mass is 10.1. The average Bonchev–Trinajstić information content (AvgIpc) is 2.67. The van der Waals surface area contributed by atoms with Crippen molar-refractivity contribution in [1.29, 1.82) is 0 Å². The Labute approximate surface area is 91.6 Å². The molecular formula is C11H11FN2S. The molecule has 0 aliphatic rings. The van der Waals surface area contributed by atoms with Crippen LogP contribution in [0.1, 0.15) is 16.1 Å². The maximum absolute atomic E-state index is 13.5. The van der Waals surface area contributed by atoms with Crippen LogP contribution in [0.5, 0.6) is 0 Å². The topological polar surface area (TPSA) is 38.9 Å². The Morgan fingerprint density at radius 3 is 2.93 bits per heavy atom. The summed E-state index contributed by atoms with van der Waals surface area (Å²) in [5, 5.41) is 2.78. The summed E-state index contributed by atoms with van der Waals surface area (Å²) in [5.41, 5.74) is 7.74. The van der Waals surface area contributed by atoms with Crippen LogP contribution in [0.2, 0.25) is 0 Å². The number of hydrogen-bond donors (Lipinski definition) is 1. The molecule has 15 heavy (non-hydrogen) atoms. The van der Waals surface area contributed by atoms with E-state index in [1.165, 1.54) is 17.4 Å². The Morgan fingerprint density at radius 2 is 2.27 bits per heavy atom. The number of halogens is 1. The second-order valence-electron chi connectivity index (χ2n) is 3.40. The third-order valence-corrected chi connectivity index (χ3v) is 3.04. The van der Waals surface area contributed by atoms with E-state index in [-0.39, 0.29) is 5.82 Å². The number of rotatable bonds is 2. The highest BCUT2D eigenvalue weighted by atomic mass is 32.1. The highest BCUT2D eigenvalue weighted by Crippen LogP contribution is 2.20. The zero-order chi connectivity index (χ0) is 10.8. The van der Waals surface area contributed by atoms with Gasteiger partial charge in [-0.1, -0.05) is 0 Å². The molecule has 2 nitrogen and oxygen atoms in total. The van der Waals surface area contributed by atoms with E-state index in [1.807, 2.05) is 5.38 Å². The van der Waals surface area contributed by atoms with Gasteiger partial charge in [-0.25, -0.2) is 9.37 Å². The van der Waals surface area contributed by atoms with Crippen LogP contribution >= 0.6 is 11.3 Å². The number of nitrogens with two attached hydrogens (primary N) is 1. The van der Waals surface area contributed by atoms with Gasteiger partial charge >= 0.3 is 0 Å². The lowest BCUT2D eigenvalue weighted by Gasteiger charge is -2.05. The quantitative estimate of drug-likeness (QED) is 0.793. The molecular weight excluding hydrogens is 211 g/mol. The molecule has 0 saturated carbocycles. The van der Waals surface area contributed by atoms with E-state index < -0.39 is 0 Å². The van der Waals surface area contributed by atoms with Gasteiger partial charge in [-0.05, 0) is 30.2 Å². The van der Waals surface area contributed by atoms with Gasteiger partial charge in [0.2, 0.25) is 0 Å². The summed E-state index contributed by atoms with van der Waals surface area (Å²) >= 11 is 1.52.